The fraction of sp³-hybridized carbons (Fsp3) is 0.591. The summed E-state index contributed by atoms with van der Waals surface area (Å²) in [6.45, 7) is 0.460. The number of nitrogens with zero attached hydrogens (tertiary/aromatic N) is 4. The van der Waals surface area contributed by atoms with Crippen molar-refractivity contribution in [1.29, 1.82) is 0 Å². The summed E-state index contributed by atoms with van der Waals surface area (Å²) in [7, 11) is 0. The summed E-state index contributed by atoms with van der Waals surface area (Å²) in [6, 6.07) is 6.37. The minimum absolute atomic E-state index is 0.0811. The monoisotopic (exact) mass is 447 g/mol. The lowest BCUT2D eigenvalue weighted by Crippen LogP contribution is -2.40. The zero-order chi connectivity index (χ0) is 22.3. The van der Waals surface area contributed by atoms with E-state index in [0.29, 0.717) is 24.1 Å². The fourth-order valence-corrected chi connectivity index (χ4v) is 5.40. The summed E-state index contributed by atoms with van der Waals surface area (Å²) in [4.78, 5) is 3.02. The van der Waals surface area contributed by atoms with Crippen LogP contribution in [0.1, 0.15) is 55.8 Å². The maximum absolute atomic E-state index is 12.9. The summed E-state index contributed by atoms with van der Waals surface area (Å²) < 4.78 is 48.7. The van der Waals surface area contributed by atoms with Crippen molar-refractivity contribution in [2.75, 3.05) is 0 Å². The van der Waals surface area contributed by atoms with E-state index in [1.807, 2.05) is 0 Å². The van der Waals surface area contributed by atoms with Gasteiger partial charge in [-0.2, -0.15) is 0 Å². The van der Waals surface area contributed by atoms with Crippen LogP contribution in [0, 0.1) is 11.8 Å². The van der Waals surface area contributed by atoms with Crippen LogP contribution in [0.25, 0.3) is 21.7 Å². The number of halogens is 3. The van der Waals surface area contributed by atoms with E-state index in [2.05, 4.69) is 25.2 Å². The van der Waals surface area contributed by atoms with E-state index in [9.17, 15) is 13.2 Å². The Morgan fingerprint density at radius 2 is 1.88 bits per heavy atom. The van der Waals surface area contributed by atoms with E-state index in [1.54, 1.807) is 12.1 Å². The van der Waals surface area contributed by atoms with Gasteiger partial charge in [-0.1, -0.05) is 22.4 Å². The summed E-state index contributed by atoms with van der Waals surface area (Å²) in [5, 5.41) is 11.8. The van der Waals surface area contributed by atoms with Gasteiger partial charge in [0.1, 0.15) is 17.2 Å². The van der Waals surface area contributed by atoms with Crippen molar-refractivity contribution in [2.24, 2.45) is 17.0 Å². The van der Waals surface area contributed by atoms with E-state index >= 15 is 0 Å². The van der Waals surface area contributed by atoms with Crippen LogP contribution in [0.4, 0.5) is 13.2 Å². The number of nitrogens with one attached hydrogen (secondary N) is 1. The van der Waals surface area contributed by atoms with Crippen molar-refractivity contribution in [3.8, 4) is 17.0 Å². The summed E-state index contributed by atoms with van der Waals surface area (Å²) in [6.07, 6.45) is 1.18. The first-order valence-electron chi connectivity index (χ1n) is 11.0. The number of aromatic nitrogens is 1. The number of ether oxygens (including phenoxy) is 1. The lowest BCUT2D eigenvalue weighted by Gasteiger charge is -2.33. The first-order chi connectivity index (χ1) is 15.4. The quantitative estimate of drug-likeness (QED) is 0.316. The lowest BCUT2D eigenvalue weighted by molar-refractivity contribution is -0.274. The van der Waals surface area contributed by atoms with Crippen LogP contribution in [0.3, 0.4) is 0 Å². The molecule has 3 aliphatic rings. The second-order valence-corrected chi connectivity index (χ2v) is 9.03. The number of hydrogen-bond donors (Lipinski definition) is 1. The molecule has 7 nitrogen and oxygen atoms in total. The van der Waals surface area contributed by atoms with Gasteiger partial charge in [-0.15, -0.1) is 13.2 Å². The van der Waals surface area contributed by atoms with Crippen LogP contribution in [0.5, 0.6) is 5.75 Å². The smallest absolute Gasteiger partial charge is 0.405 e. The van der Waals surface area contributed by atoms with Crippen LogP contribution in [0.15, 0.2) is 33.9 Å². The largest absolute Gasteiger partial charge is 0.573 e. The SMILES string of the molecule is [N-]=[N+]=N[C@@H]1[C@@H]2CC[C@H]1C[C@@H](NCc1c(-c3ccccc3OC(F)(F)F)noc1C1CC1)C2. The average molecular weight is 447 g/mol. The van der Waals surface area contributed by atoms with Crippen molar-refractivity contribution in [3.63, 3.8) is 0 Å². The molecule has 0 aliphatic heterocycles. The standard InChI is InChI=1S/C22H24F3N5O2/c23-22(24,25)31-18-4-2-1-3-16(18)20-17(21(32-29-20)12-5-6-12)11-27-15-9-13-7-8-14(10-15)19(13)28-30-26/h1-4,12-15,19,27H,5-11H2/t13-,14+,15+,19-. The molecule has 170 valence electrons. The van der Waals surface area contributed by atoms with E-state index in [-0.39, 0.29) is 29.3 Å². The fourth-order valence-electron chi connectivity index (χ4n) is 5.40. The molecule has 0 unspecified atom stereocenters. The zero-order valence-corrected chi connectivity index (χ0v) is 17.4. The molecule has 3 aliphatic carbocycles. The molecule has 1 aromatic heterocycles. The van der Waals surface area contributed by atoms with Crippen LogP contribution in [-0.2, 0) is 6.54 Å². The molecular formula is C22H24F3N5O2. The number of azide groups is 1. The Morgan fingerprint density at radius 1 is 1.16 bits per heavy atom. The van der Waals surface area contributed by atoms with Crippen molar-refractivity contribution in [2.45, 2.75) is 69.4 Å². The molecule has 32 heavy (non-hydrogen) atoms. The van der Waals surface area contributed by atoms with Crippen molar-refractivity contribution >= 4 is 0 Å². The molecular weight excluding hydrogens is 423 g/mol. The van der Waals surface area contributed by atoms with Gasteiger partial charge in [0.05, 0.1) is 0 Å². The normalized spacial score (nSPS) is 27.2. The predicted octanol–water partition coefficient (Wildman–Crippen LogP) is 6.07. The highest BCUT2D eigenvalue weighted by Gasteiger charge is 2.42. The van der Waals surface area contributed by atoms with Crippen molar-refractivity contribution in [1.82, 2.24) is 10.5 Å². The molecule has 0 spiro atoms. The first kappa shape index (κ1) is 21.2. The predicted molar refractivity (Wildman–Crippen MR) is 110 cm³/mol. The van der Waals surface area contributed by atoms with E-state index in [0.717, 1.165) is 49.8 Å². The molecule has 3 saturated carbocycles. The second kappa shape index (κ2) is 8.33. The summed E-state index contributed by atoms with van der Waals surface area (Å²) in [5.74, 6) is 1.49. The highest BCUT2D eigenvalue weighted by Crippen LogP contribution is 2.47. The van der Waals surface area contributed by atoms with Gasteiger partial charge in [-0.05, 0) is 68.0 Å². The van der Waals surface area contributed by atoms with Gasteiger partial charge in [0, 0.05) is 40.6 Å². The van der Waals surface area contributed by atoms with Gasteiger partial charge < -0.3 is 14.6 Å². The number of para-hydroxylation sites is 1. The van der Waals surface area contributed by atoms with Gasteiger partial charge in [-0.3, -0.25) is 0 Å². The molecule has 0 radical (unpaired) electrons. The molecule has 0 saturated heterocycles. The molecule has 2 aromatic rings. The van der Waals surface area contributed by atoms with Crippen molar-refractivity contribution in [3.05, 3.63) is 46.0 Å². The number of hydrogen-bond acceptors (Lipinski definition) is 5. The average Bonchev–Trinajstić information content (AvgIpc) is 3.46. The number of fused-ring (bicyclic) bond motifs is 2. The third kappa shape index (κ3) is 4.29. The topological polar surface area (TPSA) is 96.1 Å². The molecule has 10 heteroatoms. The Hall–Kier alpha value is -2.71. The highest BCUT2D eigenvalue weighted by molar-refractivity contribution is 5.70. The van der Waals surface area contributed by atoms with Gasteiger partial charge in [0.2, 0.25) is 0 Å². The maximum Gasteiger partial charge on any atom is 0.573 e. The molecule has 0 amide bonds. The number of rotatable bonds is 7. The van der Waals surface area contributed by atoms with Crippen molar-refractivity contribution < 1.29 is 22.4 Å². The third-order valence-electron chi connectivity index (χ3n) is 6.94. The molecule has 2 bridgehead atoms. The van der Waals surface area contributed by atoms with Gasteiger partial charge in [-0.25, -0.2) is 0 Å². The molecule has 1 heterocycles. The van der Waals surface area contributed by atoms with Gasteiger partial charge >= 0.3 is 6.36 Å². The molecule has 1 aromatic carbocycles. The summed E-state index contributed by atoms with van der Waals surface area (Å²) in [5.41, 5.74) is 10.3. The summed E-state index contributed by atoms with van der Waals surface area (Å²) >= 11 is 0. The Morgan fingerprint density at radius 3 is 2.53 bits per heavy atom. The zero-order valence-electron chi connectivity index (χ0n) is 17.4. The minimum Gasteiger partial charge on any atom is -0.405 e. The minimum atomic E-state index is -4.79. The number of alkyl halides is 3. The Balaban J connectivity index is 1.38. The van der Waals surface area contributed by atoms with Crippen LogP contribution < -0.4 is 10.1 Å². The maximum atomic E-state index is 12.9. The van der Waals surface area contributed by atoms with Crippen LogP contribution in [-0.4, -0.2) is 23.6 Å². The first-order valence-corrected chi connectivity index (χ1v) is 11.0. The van der Waals surface area contributed by atoms with E-state index in [1.165, 1.54) is 12.1 Å². The van der Waals surface area contributed by atoms with Gasteiger partial charge in [0.25, 0.3) is 0 Å². The van der Waals surface area contributed by atoms with Crippen LogP contribution in [0.2, 0.25) is 0 Å². The lowest BCUT2D eigenvalue weighted by atomic mass is 9.81. The second-order valence-electron chi connectivity index (χ2n) is 9.03. The van der Waals surface area contributed by atoms with E-state index in [4.69, 9.17) is 10.1 Å². The van der Waals surface area contributed by atoms with Gasteiger partial charge in [0.15, 0.2) is 0 Å². The molecule has 5 rings (SSSR count). The Labute approximate surface area is 182 Å². The molecule has 3 fully saturated rings. The highest BCUT2D eigenvalue weighted by atomic mass is 19.4. The molecule has 1 N–H and O–H groups in total. The molecule has 4 atom stereocenters. The number of benzene rings is 1. The third-order valence-corrected chi connectivity index (χ3v) is 6.94. The Kier molecular flexibility index (Phi) is 5.51. The Bertz CT molecular complexity index is 1010. The van der Waals surface area contributed by atoms with E-state index < -0.39 is 6.36 Å². The van der Waals surface area contributed by atoms with Crippen LogP contribution >= 0.6 is 0 Å².